The summed E-state index contributed by atoms with van der Waals surface area (Å²) in [5.41, 5.74) is 0.308. The van der Waals surface area contributed by atoms with Gasteiger partial charge in [0.15, 0.2) is 6.10 Å². The van der Waals surface area contributed by atoms with Gasteiger partial charge in [-0.15, -0.1) is 0 Å². The zero-order valence-corrected chi connectivity index (χ0v) is 17.1. The number of fused-ring (bicyclic) bond motifs is 1. The zero-order chi connectivity index (χ0) is 21.5. The molecule has 1 saturated carbocycles. The van der Waals surface area contributed by atoms with Gasteiger partial charge in [0.1, 0.15) is 12.1 Å². The number of urea groups is 1. The fraction of sp³-hybridized carbons (Fsp3) is 0.455. The Kier molecular flexibility index (Phi) is 5.09. The summed E-state index contributed by atoms with van der Waals surface area (Å²) in [7, 11) is 0. The summed E-state index contributed by atoms with van der Waals surface area (Å²) < 4.78 is 5.27. The molecule has 0 bridgehead atoms. The number of carbonyl (C=O) groups excluding carboxylic acids is 4. The molecule has 1 aromatic carbocycles. The fourth-order valence-corrected chi connectivity index (χ4v) is 4.55. The van der Waals surface area contributed by atoms with Crippen molar-refractivity contribution in [2.45, 2.75) is 51.2 Å². The molecule has 3 atom stereocenters. The molecule has 2 heterocycles. The summed E-state index contributed by atoms with van der Waals surface area (Å²) >= 11 is 0. The van der Waals surface area contributed by atoms with E-state index in [2.05, 4.69) is 10.3 Å². The number of para-hydroxylation sites is 1. The molecule has 8 heteroatoms. The van der Waals surface area contributed by atoms with Gasteiger partial charge in [-0.25, -0.2) is 4.79 Å². The standard InChI is InChI=1S/C22H25N3O5/c1-13-7-5-6-10-22(13)20(28)25(21(29)24-22)12-18(26)30-14(2)19(27)16-11-23-17-9-4-3-8-15(16)17/h3-4,8-9,11,13-14,23H,5-7,10,12H2,1-2H3,(H,24,29)/t13-,14-,22-/m0/s1. The van der Waals surface area contributed by atoms with Crippen molar-refractivity contribution in [3.63, 3.8) is 0 Å². The second-order valence-electron chi connectivity index (χ2n) is 8.18. The van der Waals surface area contributed by atoms with E-state index in [9.17, 15) is 19.2 Å². The second-order valence-corrected chi connectivity index (χ2v) is 8.18. The smallest absolute Gasteiger partial charge is 0.326 e. The van der Waals surface area contributed by atoms with E-state index in [4.69, 9.17) is 4.74 Å². The van der Waals surface area contributed by atoms with Gasteiger partial charge in [0.25, 0.3) is 5.91 Å². The molecule has 0 radical (unpaired) electrons. The number of Topliss-reactive ketones (excluding diaryl/α,β-unsaturated/α-hetero) is 1. The minimum absolute atomic E-state index is 0.00564. The number of aromatic amines is 1. The van der Waals surface area contributed by atoms with Crippen LogP contribution in [0.15, 0.2) is 30.5 Å². The lowest BCUT2D eigenvalue weighted by molar-refractivity contribution is -0.150. The number of nitrogens with one attached hydrogen (secondary N) is 2. The van der Waals surface area contributed by atoms with Crippen molar-refractivity contribution in [1.29, 1.82) is 0 Å². The van der Waals surface area contributed by atoms with Crippen LogP contribution < -0.4 is 5.32 Å². The van der Waals surface area contributed by atoms with Gasteiger partial charge >= 0.3 is 12.0 Å². The lowest BCUT2D eigenvalue weighted by Gasteiger charge is -2.36. The number of ether oxygens (including phenoxy) is 1. The third-order valence-corrected chi connectivity index (χ3v) is 6.32. The summed E-state index contributed by atoms with van der Waals surface area (Å²) in [5, 5.41) is 3.54. The number of H-pyrrole nitrogens is 1. The van der Waals surface area contributed by atoms with E-state index in [1.807, 2.05) is 31.2 Å². The number of imide groups is 1. The van der Waals surface area contributed by atoms with Crippen LogP contribution in [0, 0.1) is 5.92 Å². The van der Waals surface area contributed by atoms with Crippen LogP contribution in [-0.4, -0.2) is 51.8 Å². The third-order valence-electron chi connectivity index (χ3n) is 6.32. The SMILES string of the molecule is C[C@H](OC(=O)CN1C(=O)N[C@]2(CCCC[C@@H]2C)C1=O)C(=O)c1c[nH]c2ccccc12. The van der Waals surface area contributed by atoms with E-state index >= 15 is 0 Å². The number of nitrogens with zero attached hydrogens (tertiary/aromatic N) is 1. The minimum atomic E-state index is -1.04. The summed E-state index contributed by atoms with van der Waals surface area (Å²) in [4.78, 5) is 54.5. The van der Waals surface area contributed by atoms with Crippen molar-refractivity contribution in [2.24, 2.45) is 5.92 Å². The molecule has 4 rings (SSSR count). The summed E-state index contributed by atoms with van der Waals surface area (Å²) in [6.45, 7) is 2.92. The van der Waals surface area contributed by atoms with Gasteiger partial charge in [-0.2, -0.15) is 0 Å². The Morgan fingerprint density at radius 3 is 2.80 bits per heavy atom. The zero-order valence-electron chi connectivity index (χ0n) is 17.1. The van der Waals surface area contributed by atoms with Gasteiger partial charge in [-0.1, -0.05) is 38.0 Å². The molecule has 2 fully saturated rings. The first-order valence-electron chi connectivity index (χ1n) is 10.3. The van der Waals surface area contributed by atoms with Crippen LogP contribution in [0.2, 0.25) is 0 Å². The molecule has 1 aliphatic carbocycles. The maximum atomic E-state index is 13.0. The molecule has 3 amide bonds. The van der Waals surface area contributed by atoms with Gasteiger partial charge in [0.2, 0.25) is 5.78 Å². The second kappa shape index (κ2) is 7.59. The molecule has 158 valence electrons. The van der Waals surface area contributed by atoms with Crippen molar-refractivity contribution in [2.75, 3.05) is 6.54 Å². The number of hydrogen-bond donors (Lipinski definition) is 2. The van der Waals surface area contributed by atoms with Gasteiger partial charge in [-0.3, -0.25) is 19.3 Å². The topological polar surface area (TPSA) is 109 Å². The number of aromatic nitrogens is 1. The summed E-state index contributed by atoms with van der Waals surface area (Å²) in [6.07, 6.45) is 3.83. The van der Waals surface area contributed by atoms with Gasteiger partial charge in [0.05, 0.1) is 0 Å². The number of esters is 1. The van der Waals surface area contributed by atoms with Crippen molar-refractivity contribution >= 4 is 34.6 Å². The average Bonchev–Trinajstić information content (AvgIpc) is 3.25. The van der Waals surface area contributed by atoms with Crippen LogP contribution in [0.3, 0.4) is 0 Å². The lowest BCUT2D eigenvalue weighted by atomic mass is 9.73. The van der Waals surface area contributed by atoms with E-state index < -0.39 is 30.2 Å². The van der Waals surface area contributed by atoms with Crippen molar-refractivity contribution < 1.29 is 23.9 Å². The number of ketones is 1. The van der Waals surface area contributed by atoms with Crippen LogP contribution in [0.4, 0.5) is 4.79 Å². The number of rotatable bonds is 5. The maximum absolute atomic E-state index is 13.0. The van der Waals surface area contributed by atoms with E-state index in [1.165, 1.54) is 6.92 Å². The fourth-order valence-electron chi connectivity index (χ4n) is 4.55. The van der Waals surface area contributed by atoms with Crippen molar-refractivity contribution in [3.8, 4) is 0 Å². The summed E-state index contributed by atoms with van der Waals surface area (Å²) in [6, 6.07) is 6.76. The lowest BCUT2D eigenvalue weighted by Crippen LogP contribution is -2.54. The summed E-state index contributed by atoms with van der Waals surface area (Å²) in [5.74, 6) is -1.52. The van der Waals surface area contributed by atoms with E-state index in [0.29, 0.717) is 12.0 Å². The number of benzene rings is 1. The van der Waals surface area contributed by atoms with Crippen LogP contribution in [0.5, 0.6) is 0 Å². The largest absolute Gasteiger partial charge is 0.453 e. The van der Waals surface area contributed by atoms with Crippen molar-refractivity contribution in [1.82, 2.24) is 15.2 Å². The first-order chi connectivity index (χ1) is 14.3. The molecule has 1 aromatic heterocycles. The Morgan fingerprint density at radius 2 is 2.03 bits per heavy atom. The molecule has 1 saturated heterocycles. The number of carbonyl (C=O) groups is 4. The van der Waals surface area contributed by atoms with Crippen LogP contribution in [0.25, 0.3) is 10.9 Å². The Labute approximate surface area is 173 Å². The quantitative estimate of drug-likeness (QED) is 0.447. The Hall–Kier alpha value is -3.16. The molecule has 2 aromatic rings. The normalized spacial score (nSPS) is 24.9. The monoisotopic (exact) mass is 411 g/mol. The predicted molar refractivity (Wildman–Crippen MR) is 109 cm³/mol. The number of hydrogen-bond acceptors (Lipinski definition) is 5. The molecule has 30 heavy (non-hydrogen) atoms. The molecule has 0 unspecified atom stereocenters. The highest BCUT2D eigenvalue weighted by Gasteiger charge is 2.55. The number of amides is 3. The van der Waals surface area contributed by atoms with Crippen molar-refractivity contribution in [3.05, 3.63) is 36.0 Å². The highest BCUT2D eigenvalue weighted by atomic mass is 16.5. The maximum Gasteiger partial charge on any atom is 0.326 e. The van der Waals surface area contributed by atoms with Gasteiger partial charge in [-0.05, 0) is 31.7 Å². The van der Waals surface area contributed by atoms with E-state index in [1.54, 1.807) is 6.20 Å². The van der Waals surface area contributed by atoms with Gasteiger partial charge < -0.3 is 15.0 Å². The Balaban J connectivity index is 1.42. The Bertz CT molecular complexity index is 1030. The molecule has 8 nitrogen and oxygen atoms in total. The minimum Gasteiger partial charge on any atom is -0.453 e. The highest BCUT2D eigenvalue weighted by molar-refractivity contribution is 6.11. The van der Waals surface area contributed by atoms with E-state index in [0.717, 1.165) is 35.1 Å². The third kappa shape index (κ3) is 3.26. The predicted octanol–water partition coefficient (Wildman–Crippen LogP) is 2.78. The van der Waals surface area contributed by atoms with E-state index in [-0.39, 0.29) is 17.6 Å². The average molecular weight is 411 g/mol. The molecule has 2 aliphatic rings. The molecule has 2 N–H and O–H groups in total. The first-order valence-corrected chi connectivity index (χ1v) is 10.3. The Morgan fingerprint density at radius 1 is 1.27 bits per heavy atom. The molecular formula is C22H25N3O5. The first kappa shape index (κ1) is 20.1. The van der Waals surface area contributed by atoms with Gasteiger partial charge in [0, 0.05) is 22.7 Å². The molecule has 1 aliphatic heterocycles. The highest BCUT2D eigenvalue weighted by Crippen LogP contribution is 2.38. The van der Waals surface area contributed by atoms with Crippen LogP contribution in [0.1, 0.15) is 49.9 Å². The van der Waals surface area contributed by atoms with Crippen LogP contribution >= 0.6 is 0 Å². The molecule has 1 spiro atoms. The molecular weight excluding hydrogens is 386 g/mol. The van der Waals surface area contributed by atoms with Crippen LogP contribution in [-0.2, 0) is 14.3 Å².